The minimum atomic E-state index is -0.297. The minimum Gasteiger partial charge on any atom is -0.488 e. The van der Waals surface area contributed by atoms with Gasteiger partial charge in [-0.15, -0.1) is 0 Å². The summed E-state index contributed by atoms with van der Waals surface area (Å²) in [6.07, 6.45) is 3.18. The molecule has 1 atom stereocenters. The van der Waals surface area contributed by atoms with Gasteiger partial charge in [-0.3, -0.25) is 0 Å². The fourth-order valence-electron chi connectivity index (χ4n) is 3.03. The Morgan fingerprint density at radius 1 is 1.17 bits per heavy atom. The van der Waals surface area contributed by atoms with E-state index in [1.165, 1.54) is 18.9 Å². The lowest BCUT2D eigenvalue weighted by atomic mass is 10.00. The Balaban J connectivity index is 1.70. The van der Waals surface area contributed by atoms with Gasteiger partial charge in [-0.25, -0.2) is 4.39 Å². The van der Waals surface area contributed by atoms with E-state index in [4.69, 9.17) is 27.9 Å². The molecule has 2 aromatic rings. The summed E-state index contributed by atoms with van der Waals surface area (Å²) in [5, 5.41) is 4.45. The third kappa shape index (κ3) is 3.06. The zero-order valence-corrected chi connectivity index (χ0v) is 13.9. The molecule has 120 valence electrons. The van der Waals surface area contributed by atoms with Crippen LogP contribution in [0.15, 0.2) is 30.3 Å². The van der Waals surface area contributed by atoms with E-state index in [-0.39, 0.29) is 11.9 Å². The summed E-state index contributed by atoms with van der Waals surface area (Å²) >= 11 is 12.6. The number of benzene rings is 2. The summed E-state index contributed by atoms with van der Waals surface area (Å²) < 4.78 is 20.2. The molecule has 2 nitrogen and oxygen atoms in total. The van der Waals surface area contributed by atoms with Crippen molar-refractivity contribution >= 4 is 23.2 Å². The monoisotopic (exact) mass is 351 g/mol. The molecular formula is C18H16Cl2FNO. The van der Waals surface area contributed by atoms with Gasteiger partial charge >= 0.3 is 0 Å². The molecule has 0 aromatic heterocycles. The number of ether oxygens (including phenoxy) is 1. The van der Waals surface area contributed by atoms with Crippen LogP contribution in [0.2, 0.25) is 10.0 Å². The maximum atomic E-state index is 14.1. The van der Waals surface area contributed by atoms with E-state index in [1.54, 1.807) is 24.3 Å². The van der Waals surface area contributed by atoms with Crippen LogP contribution >= 0.6 is 23.2 Å². The topological polar surface area (TPSA) is 21.3 Å². The van der Waals surface area contributed by atoms with E-state index >= 15 is 0 Å². The third-order valence-corrected chi connectivity index (χ3v) is 4.94. The number of hydrogen-bond donors (Lipinski definition) is 1. The first-order valence-electron chi connectivity index (χ1n) is 7.78. The van der Waals surface area contributed by atoms with Gasteiger partial charge in [0.15, 0.2) is 0 Å². The third-order valence-electron chi connectivity index (χ3n) is 4.31. The van der Waals surface area contributed by atoms with Crippen molar-refractivity contribution in [3.05, 3.63) is 51.8 Å². The summed E-state index contributed by atoms with van der Waals surface area (Å²) in [5.41, 5.74) is 2.13. The molecule has 0 spiro atoms. The van der Waals surface area contributed by atoms with Crippen molar-refractivity contribution in [3.8, 4) is 16.9 Å². The van der Waals surface area contributed by atoms with E-state index in [2.05, 4.69) is 5.32 Å². The van der Waals surface area contributed by atoms with Gasteiger partial charge in [0.2, 0.25) is 0 Å². The molecule has 1 unspecified atom stereocenters. The van der Waals surface area contributed by atoms with Gasteiger partial charge in [0.1, 0.15) is 17.7 Å². The summed E-state index contributed by atoms with van der Waals surface area (Å²) in [4.78, 5) is 0. The highest BCUT2D eigenvalue weighted by atomic mass is 35.5. The summed E-state index contributed by atoms with van der Waals surface area (Å²) in [6.45, 7) is 0.774. The van der Waals surface area contributed by atoms with Crippen molar-refractivity contribution in [1.82, 2.24) is 5.32 Å². The Labute approximate surface area is 144 Å². The fourth-order valence-corrected chi connectivity index (χ4v) is 3.64. The first-order valence-corrected chi connectivity index (χ1v) is 8.54. The van der Waals surface area contributed by atoms with Crippen LogP contribution in [0, 0.1) is 5.82 Å². The van der Waals surface area contributed by atoms with E-state index in [0.717, 1.165) is 12.1 Å². The van der Waals surface area contributed by atoms with Gasteiger partial charge in [0.05, 0.1) is 10.0 Å². The molecule has 2 aromatic carbocycles. The predicted octanol–water partition coefficient (Wildman–Crippen LogP) is 4.86. The average Bonchev–Trinajstić information content (AvgIpc) is 3.24. The number of fused-ring (bicyclic) bond motifs is 1. The first-order chi connectivity index (χ1) is 11.1. The van der Waals surface area contributed by atoms with Crippen molar-refractivity contribution < 1.29 is 9.13 Å². The van der Waals surface area contributed by atoms with Crippen LogP contribution in [0.1, 0.15) is 18.4 Å². The van der Waals surface area contributed by atoms with Crippen molar-refractivity contribution in [2.45, 2.75) is 31.4 Å². The molecular weight excluding hydrogens is 336 g/mol. The van der Waals surface area contributed by atoms with Crippen LogP contribution in [0.25, 0.3) is 11.1 Å². The van der Waals surface area contributed by atoms with E-state index in [1.807, 2.05) is 0 Å². The number of nitrogens with one attached hydrogen (secondary N) is 1. The molecule has 1 aliphatic heterocycles. The van der Waals surface area contributed by atoms with Crippen LogP contribution in [0.3, 0.4) is 0 Å². The molecule has 2 aliphatic rings. The van der Waals surface area contributed by atoms with Gasteiger partial charge < -0.3 is 10.1 Å². The smallest absolute Gasteiger partial charge is 0.131 e. The molecule has 1 N–H and O–H groups in total. The van der Waals surface area contributed by atoms with Crippen LogP contribution in [0.4, 0.5) is 4.39 Å². The highest BCUT2D eigenvalue weighted by Crippen LogP contribution is 2.44. The van der Waals surface area contributed by atoms with Gasteiger partial charge in [0, 0.05) is 35.7 Å². The highest BCUT2D eigenvalue weighted by molar-refractivity contribution is 6.39. The molecule has 5 heteroatoms. The maximum Gasteiger partial charge on any atom is 0.131 e. The van der Waals surface area contributed by atoms with Crippen molar-refractivity contribution in [2.24, 2.45) is 0 Å². The SMILES string of the molecule is Fc1cc2c(c(-c3c(Cl)cccc3Cl)c1)OC(CNC1CC1)C2. The lowest BCUT2D eigenvalue weighted by Crippen LogP contribution is -2.31. The summed E-state index contributed by atoms with van der Waals surface area (Å²) in [7, 11) is 0. The standard InChI is InChI=1S/C18H16Cl2FNO/c19-15-2-1-3-16(20)17(15)14-8-11(21)6-10-7-13(23-18(10)14)9-22-12-4-5-12/h1-3,6,8,12-13,22H,4-5,7,9H2. The minimum absolute atomic E-state index is 0.0208. The molecule has 0 saturated heterocycles. The average molecular weight is 352 g/mol. The lowest BCUT2D eigenvalue weighted by molar-refractivity contribution is 0.228. The van der Waals surface area contributed by atoms with Crippen LogP contribution in [-0.4, -0.2) is 18.7 Å². The summed E-state index contributed by atoms with van der Waals surface area (Å²) in [5.74, 6) is 0.401. The van der Waals surface area contributed by atoms with Gasteiger partial charge in [0.25, 0.3) is 0 Å². The highest BCUT2D eigenvalue weighted by Gasteiger charge is 2.30. The lowest BCUT2D eigenvalue weighted by Gasteiger charge is -2.15. The largest absolute Gasteiger partial charge is 0.488 e. The van der Waals surface area contributed by atoms with Crippen LogP contribution in [0.5, 0.6) is 5.75 Å². The van der Waals surface area contributed by atoms with Gasteiger partial charge in [-0.1, -0.05) is 29.3 Å². The molecule has 1 fully saturated rings. The first kappa shape index (κ1) is 15.3. The quantitative estimate of drug-likeness (QED) is 0.849. The molecule has 1 heterocycles. The number of hydrogen-bond acceptors (Lipinski definition) is 2. The van der Waals surface area contributed by atoms with Crippen molar-refractivity contribution in [3.63, 3.8) is 0 Å². The molecule has 1 saturated carbocycles. The molecule has 0 radical (unpaired) electrons. The molecule has 0 amide bonds. The Bertz CT molecular complexity index is 741. The van der Waals surface area contributed by atoms with Crippen molar-refractivity contribution in [2.75, 3.05) is 6.54 Å². The van der Waals surface area contributed by atoms with Gasteiger partial charge in [-0.2, -0.15) is 0 Å². The number of rotatable bonds is 4. The number of halogens is 3. The Hall–Kier alpha value is -1.29. The van der Waals surface area contributed by atoms with Crippen molar-refractivity contribution in [1.29, 1.82) is 0 Å². The second-order valence-corrected chi connectivity index (χ2v) is 6.98. The van der Waals surface area contributed by atoms with E-state index in [0.29, 0.717) is 39.4 Å². The predicted molar refractivity (Wildman–Crippen MR) is 91.0 cm³/mol. The molecule has 0 bridgehead atoms. The van der Waals surface area contributed by atoms with E-state index in [9.17, 15) is 4.39 Å². The Kier molecular flexibility index (Phi) is 3.96. The fraction of sp³-hybridized carbons (Fsp3) is 0.333. The Morgan fingerprint density at radius 3 is 2.61 bits per heavy atom. The van der Waals surface area contributed by atoms with Crippen LogP contribution < -0.4 is 10.1 Å². The molecule has 1 aliphatic carbocycles. The van der Waals surface area contributed by atoms with Gasteiger partial charge in [-0.05, 0) is 37.1 Å². The second-order valence-electron chi connectivity index (χ2n) is 6.16. The molecule has 4 rings (SSSR count). The van der Waals surface area contributed by atoms with Crippen LogP contribution in [-0.2, 0) is 6.42 Å². The summed E-state index contributed by atoms with van der Waals surface area (Å²) in [6, 6.07) is 8.89. The zero-order valence-electron chi connectivity index (χ0n) is 12.4. The van der Waals surface area contributed by atoms with E-state index < -0.39 is 0 Å². The maximum absolute atomic E-state index is 14.1. The zero-order chi connectivity index (χ0) is 16.0. The normalized spacial score (nSPS) is 19.5. The molecule has 23 heavy (non-hydrogen) atoms. The second kappa shape index (κ2) is 5.97. The Morgan fingerprint density at radius 2 is 1.91 bits per heavy atom.